The van der Waals surface area contributed by atoms with E-state index in [4.69, 9.17) is 18.6 Å². The highest BCUT2D eigenvalue weighted by Gasteiger charge is 2.13. The summed E-state index contributed by atoms with van der Waals surface area (Å²) < 4.78 is 38.1. The zero-order valence-electron chi connectivity index (χ0n) is 9.89. The number of hydrogen-bond acceptors (Lipinski definition) is 5. The minimum Gasteiger partial charge on any atom is -0.222 e. The average molecular weight is 416 g/mol. The summed E-state index contributed by atoms with van der Waals surface area (Å²) >= 11 is 6.96. The lowest BCUT2D eigenvalue weighted by molar-refractivity contribution is -2.00. The normalized spacial score (nSPS) is 11.2. The molecule has 0 saturated heterocycles. The van der Waals surface area contributed by atoms with Crippen LogP contribution in [0.3, 0.4) is 0 Å². The van der Waals surface area contributed by atoms with Gasteiger partial charge in [0.25, 0.3) is 0 Å². The largest absolute Gasteiger partial charge is 0.342 e. The average Bonchev–Trinajstić information content (AvgIpc) is 2.21. The second-order valence-electron chi connectivity index (χ2n) is 3.60. The maximum Gasteiger partial charge on any atom is 0.342 e. The van der Waals surface area contributed by atoms with Crippen molar-refractivity contribution < 1.29 is 33.3 Å². The summed E-state index contributed by atoms with van der Waals surface area (Å²) in [4.78, 5) is 4.38. The van der Waals surface area contributed by atoms with Crippen molar-refractivity contribution in [3.05, 3.63) is 38.7 Å². The van der Waals surface area contributed by atoms with E-state index >= 15 is 0 Å². The fourth-order valence-corrected chi connectivity index (χ4v) is 2.62. The number of nitrogens with zero attached hydrogens (tertiary/aromatic N) is 2. The Balaban J connectivity index is 0.000000312. The van der Waals surface area contributed by atoms with Gasteiger partial charge in [-0.3, -0.25) is 0 Å². The van der Waals surface area contributed by atoms with Gasteiger partial charge >= 0.3 is 5.65 Å². The summed E-state index contributed by atoms with van der Waals surface area (Å²) in [6.45, 7) is 4.15. The van der Waals surface area contributed by atoms with Gasteiger partial charge in [0.2, 0.25) is 0 Å². The van der Waals surface area contributed by atoms with E-state index in [0.29, 0.717) is 0 Å². The van der Waals surface area contributed by atoms with Crippen LogP contribution in [0.2, 0.25) is 0 Å². The molecule has 2 rings (SSSR count). The highest BCUT2D eigenvalue weighted by molar-refractivity contribution is 9.11. The van der Waals surface area contributed by atoms with E-state index in [1.807, 2.05) is 18.5 Å². The van der Waals surface area contributed by atoms with Crippen LogP contribution in [0.5, 0.6) is 0 Å². The monoisotopic (exact) mass is 414 g/mol. The Morgan fingerprint density at radius 2 is 1.68 bits per heavy atom. The molecular weight excluding hydrogens is 407 g/mol. The van der Waals surface area contributed by atoms with Crippen LogP contribution in [0.15, 0.2) is 27.4 Å². The number of halogens is 3. The van der Waals surface area contributed by atoms with Crippen molar-refractivity contribution in [3.63, 3.8) is 0 Å². The van der Waals surface area contributed by atoms with Gasteiger partial charge in [-0.05, 0) is 56.8 Å². The zero-order chi connectivity index (χ0) is 14.8. The van der Waals surface area contributed by atoms with Crippen molar-refractivity contribution >= 4 is 37.5 Å². The van der Waals surface area contributed by atoms with Crippen LogP contribution in [-0.2, 0) is 0 Å². The van der Waals surface area contributed by atoms with Crippen molar-refractivity contribution in [2.45, 2.75) is 13.8 Å². The smallest absolute Gasteiger partial charge is 0.222 e. The maximum absolute atomic E-state index is 8.49. The van der Waals surface area contributed by atoms with Crippen molar-refractivity contribution in [2.75, 3.05) is 0 Å². The summed E-state index contributed by atoms with van der Waals surface area (Å²) in [5, 5.41) is 0. The van der Waals surface area contributed by atoms with Gasteiger partial charge in [0.05, 0.1) is 4.47 Å². The van der Waals surface area contributed by atoms with Gasteiger partial charge in [-0.2, -0.15) is 4.40 Å². The minimum absolute atomic E-state index is 0.941. The Morgan fingerprint density at radius 1 is 1.16 bits per heavy atom. The third-order valence-electron chi connectivity index (χ3n) is 2.27. The predicted molar refractivity (Wildman–Crippen MR) is 62.3 cm³/mol. The van der Waals surface area contributed by atoms with E-state index in [1.165, 1.54) is 11.3 Å². The second kappa shape index (κ2) is 6.40. The fourth-order valence-electron chi connectivity index (χ4n) is 1.34. The molecule has 2 heterocycles. The first-order chi connectivity index (χ1) is 8.59. The minimum atomic E-state index is -4.94. The fraction of sp³-hybridized carbons (Fsp3) is 0.200. The van der Waals surface area contributed by atoms with Crippen LogP contribution in [0.25, 0.3) is 5.65 Å². The Labute approximate surface area is 128 Å². The molecule has 0 aliphatic rings. The summed E-state index contributed by atoms with van der Waals surface area (Å²) in [5.74, 6) is 0. The van der Waals surface area contributed by atoms with Crippen LogP contribution in [0.4, 0.5) is 0 Å². The first kappa shape index (κ1) is 16.7. The summed E-state index contributed by atoms with van der Waals surface area (Å²) in [5.41, 5.74) is 3.33. The molecule has 0 aliphatic heterocycles. The van der Waals surface area contributed by atoms with Crippen molar-refractivity contribution in [1.82, 2.24) is 4.98 Å². The molecule has 19 heavy (non-hydrogen) atoms. The molecule has 0 unspecified atom stereocenters. The molecule has 0 bridgehead atoms. The van der Waals surface area contributed by atoms with E-state index in [9.17, 15) is 0 Å². The van der Waals surface area contributed by atoms with Gasteiger partial charge in [-0.1, -0.05) is 0 Å². The Hall–Kier alpha value is -0.350. The molecule has 0 aromatic carbocycles. The molecule has 0 aliphatic carbocycles. The Bertz CT molecular complexity index is 598. The van der Waals surface area contributed by atoms with E-state index in [1.54, 1.807) is 0 Å². The molecule has 104 valence electrons. The molecule has 0 amide bonds. The van der Waals surface area contributed by atoms with Crippen molar-refractivity contribution in [2.24, 2.45) is 0 Å². The third kappa shape index (κ3) is 5.27. The van der Waals surface area contributed by atoms with Gasteiger partial charge in [0, 0.05) is 5.56 Å². The summed E-state index contributed by atoms with van der Waals surface area (Å²) in [6.07, 6.45) is 3.92. The number of hydrogen-bond donors (Lipinski definition) is 0. The van der Waals surface area contributed by atoms with Crippen molar-refractivity contribution in [1.29, 1.82) is 0 Å². The lowest BCUT2D eigenvalue weighted by Gasteiger charge is -2.17. The topological polar surface area (TPSA) is 109 Å². The summed E-state index contributed by atoms with van der Waals surface area (Å²) in [6, 6.07) is 2.00. The zero-order valence-corrected chi connectivity index (χ0v) is 13.8. The molecule has 0 atom stereocenters. The predicted octanol–water partition coefficient (Wildman–Crippen LogP) is -1.79. The number of rotatable bonds is 0. The molecule has 0 fully saturated rings. The van der Waals surface area contributed by atoms with Crippen LogP contribution in [0, 0.1) is 24.1 Å². The summed E-state index contributed by atoms with van der Waals surface area (Å²) in [7, 11) is -4.94. The molecule has 9 heteroatoms. The maximum atomic E-state index is 8.49. The molecule has 0 saturated carbocycles. The van der Waals surface area contributed by atoms with E-state index < -0.39 is 10.2 Å². The van der Waals surface area contributed by atoms with Gasteiger partial charge < -0.3 is 0 Å². The lowest BCUT2D eigenvalue weighted by atomic mass is 10.2. The first-order valence-electron chi connectivity index (χ1n) is 4.84. The highest BCUT2D eigenvalue weighted by atomic mass is 79.9. The van der Waals surface area contributed by atoms with Crippen molar-refractivity contribution in [3.8, 4) is 0 Å². The Morgan fingerprint density at radius 3 is 2.21 bits per heavy atom. The van der Waals surface area contributed by atoms with Gasteiger partial charge in [-0.15, -0.1) is 10.2 Å². The standard InChI is InChI=1S/C10H9Br2N2.ClHO4/c1-6-4-13-10-9(12)3-8(11)5-14(10)7(6)2;2-1(3,4)5/h3-5H,1-2H3;(H,2,3,4,5)/q+1;/p-1. The van der Waals surface area contributed by atoms with Crippen LogP contribution in [-0.4, -0.2) is 4.98 Å². The number of aromatic nitrogens is 2. The van der Waals surface area contributed by atoms with Crippen LogP contribution in [0.1, 0.15) is 11.3 Å². The van der Waals surface area contributed by atoms with Gasteiger partial charge in [0.15, 0.2) is 0 Å². The molecule has 0 spiro atoms. The van der Waals surface area contributed by atoms with Gasteiger partial charge in [0.1, 0.15) is 22.6 Å². The van der Waals surface area contributed by atoms with Crippen LogP contribution >= 0.6 is 31.9 Å². The van der Waals surface area contributed by atoms with Crippen LogP contribution < -0.4 is 23.0 Å². The first-order valence-corrected chi connectivity index (χ1v) is 7.66. The SMILES string of the molecule is Cc1cnc2c(Br)cc(Br)c[n+]2c1C.[O-][Cl+3]([O-])([O-])[O-]. The highest BCUT2D eigenvalue weighted by Crippen LogP contribution is 2.18. The van der Waals surface area contributed by atoms with E-state index in [0.717, 1.165) is 14.6 Å². The second-order valence-corrected chi connectivity index (χ2v) is 6.13. The lowest BCUT2D eigenvalue weighted by Crippen LogP contribution is -2.68. The molecule has 6 nitrogen and oxygen atoms in total. The Kier molecular flexibility index (Phi) is 5.63. The molecule has 2 aromatic rings. The third-order valence-corrected chi connectivity index (χ3v) is 3.29. The number of fused-ring (bicyclic) bond motifs is 1. The number of pyridine rings is 1. The quantitative estimate of drug-likeness (QED) is 0.471. The number of aryl methyl sites for hydroxylation is 2. The molecule has 0 radical (unpaired) electrons. The van der Waals surface area contributed by atoms with Gasteiger partial charge in [-0.25, -0.2) is 18.6 Å². The van der Waals surface area contributed by atoms with E-state index in [-0.39, 0.29) is 0 Å². The molecular formula is C10H9Br2ClN2O4. The molecule has 0 N–H and O–H groups in total. The molecule has 2 aromatic heterocycles. The van der Waals surface area contributed by atoms with E-state index in [2.05, 4.69) is 55.1 Å².